The van der Waals surface area contributed by atoms with Crippen molar-refractivity contribution in [3.63, 3.8) is 0 Å². The molecular weight excluding hydrogens is 321 g/mol. The van der Waals surface area contributed by atoms with Crippen molar-refractivity contribution < 1.29 is 14.0 Å². The number of anilines is 1. The van der Waals surface area contributed by atoms with Crippen LogP contribution < -0.4 is 10.7 Å². The maximum Gasteiger partial charge on any atom is 0.329 e. The molecule has 0 radical (unpaired) electrons. The number of fused-ring (bicyclic) bond motifs is 1. The van der Waals surface area contributed by atoms with E-state index in [9.17, 15) is 14.0 Å². The van der Waals surface area contributed by atoms with Crippen molar-refractivity contribution in [2.24, 2.45) is 5.10 Å². The summed E-state index contributed by atoms with van der Waals surface area (Å²) < 4.78 is 13.0. The van der Waals surface area contributed by atoms with E-state index in [0.717, 1.165) is 10.8 Å². The molecule has 0 aromatic heterocycles. The molecule has 2 amide bonds. The van der Waals surface area contributed by atoms with Gasteiger partial charge in [-0.1, -0.05) is 48.5 Å². The molecule has 3 rings (SSSR count). The van der Waals surface area contributed by atoms with Crippen LogP contribution in [0.25, 0.3) is 10.8 Å². The van der Waals surface area contributed by atoms with Gasteiger partial charge in [0.2, 0.25) is 0 Å². The highest BCUT2D eigenvalue weighted by Crippen LogP contribution is 2.22. The van der Waals surface area contributed by atoms with Crippen LogP contribution in [-0.2, 0) is 9.59 Å². The predicted molar refractivity (Wildman–Crippen MR) is 94.7 cm³/mol. The van der Waals surface area contributed by atoms with Crippen molar-refractivity contribution in [1.82, 2.24) is 5.43 Å². The molecule has 3 aromatic carbocycles. The van der Waals surface area contributed by atoms with E-state index in [2.05, 4.69) is 15.8 Å². The first-order valence-electron chi connectivity index (χ1n) is 7.51. The SMILES string of the molecule is O=C(N/N=C\c1cccc(F)c1)C(=O)Nc1cccc2ccccc12. The van der Waals surface area contributed by atoms with Crippen LogP contribution in [0.1, 0.15) is 5.56 Å². The Hall–Kier alpha value is -3.54. The summed E-state index contributed by atoms with van der Waals surface area (Å²) in [6, 6.07) is 18.6. The molecule has 2 N–H and O–H groups in total. The molecule has 0 atom stereocenters. The Balaban J connectivity index is 1.65. The first-order chi connectivity index (χ1) is 12.1. The lowest BCUT2D eigenvalue weighted by Crippen LogP contribution is -2.32. The van der Waals surface area contributed by atoms with Crippen molar-refractivity contribution in [2.45, 2.75) is 0 Å². The number of nitrogens with zero attached hydrogens (tertiary/aromatic N) is 1. The average Bonchev–Trinajstić information content (AvgIpc) is 2.62. The second-order valence-electron chi connectivity index (χ2n) is 5.23. The highest BCUT2D eigenvalue weighted by molar-refractivity contribution is 6.40. The van der Waals surface area contributed by atoms with Gasteiger partial charge >= 0.3 is 11.8 Å². The van der Waals surface area contributed by atoms with Crippen LogP contribution in [0.15, 0.2) is 71.8 Å². The van der Waals surface area contributed by atoms with Crippen LogP contribution >= 0.6 is 0 Å². The predicted octanol–water partition coefficient (Wildman–Crippen LogP) is 3.07. The maximum atomic E-state index is 13.0. The average molecular weight is 335 g/mol. The lowest BCUT2D eigenvalue weighted by Gasteiger charge is -2.07. The molecular formula is C19H14FN3O2. The van der Waals surface area contributed by atoms with Crippen molar-refractivity contribution >= 4 is 34.5 Å². The van der Waals surface area contributed by atoms with E-state index >= 15 is 0 Å². The zero-order chi connectivity index (χ0) is 17.6. The van der Waals surface area contributed by atoms with Gasteiger partial charge in [-0.2, -0.15) is 5.10 Å². The van der Waals surface area contributed by atoms with E-state index in [0.29, 0.717) is 11.3 Å². The van der Waals surface area contributed by atoms with Crippen LogP contribution in [0.5, 0.6) is 0 Å². The number of benzene rings is 3. The molecule has 0 fully saturated rings. The van der Waals surface area contributed by atoms with E-state index < -0.39 is 17.6 Å². The van der Waals surface area contributed by atoms with Gasteiger partial charge in [0.25, 0.3) is 0 Å². The van der Waals surface area contributed by atoms with E-state index in [-0.39, 0.29) is 0 Å². The Labute approximate surface area is 143 Å². The highest BCUT2D eigenvalue weighted by Gasteiger charge is 2.14. The zero-order valence-corrected chi connectivity index (χ0v) is 13.1. The molecule has 124 valence electrons. The van der Waals surface area contributed by atoms with Gasteiger partial charge in [0.15, 0.2) is 0 Å². The zero-order valence-electron chi connectivity index (χ0n) is 13.1. The number of carbonyl (C=O) groups excluding carboxylic acids is 2. The lowest BCUT2D eigenvalue weighted by atomic mass is 10.1. The number of halogens is 1. The van der Waals surface area contributed by atoms with Crippen LogP contribution in [0, 0.1) is 5.82 Å². The molecule has 5 nitrogen and oxygen atoms in total. The minimum absolute atomic E-state index is 0.413. The van der Waals surface area contributed by atoms with Crippen molar-refractivity contribution in [3.8, 4) is 0 Å². The van der Waals surface area contributed by atoms with Gasteiger partial charge in [-0.15, -0.1) is 0 Å². The molecule has 3 aromatic rings. The summed E-state index contributed by atoms with van der Waals surface area (Å²) >= 11 is 0. The molecule has 0 saturated heterocycles. The number of hydrogen-bond acceptors (Lipinski definition) is 3. The third kappa shape index (κ3) is 4.06. The second-order valence-corrected chi connectivity index (χ2v) is 5.23. The number of carbonyl (C=O) groups is 2. The smallest absolute Gasteiger partial charge is 0.317 e. The summed E-state index contributed by atoms with van der Waals surface area (Å²) in [7, 11) is 0. The number of nitrogens with one attached hydrogen (secondary N) is 2. The van der Waals surface area contributed by atoms with E-state index in [1.807, 2.05) is 30.3 Å². The Morgan fingerprint density at radius 2 is 1.68 bits per heavy atom. The Morgan fingerprint density at radius 1 is 0.920 bits per heavy atom. The highest BCUT2D eigenvalue weighted by atomic mass is 19.1. The summed E-state index contributed by atoms with van der Waals surface area (Å²) in [6.45, 7) is 0. The van der Waals surface area contributed by atoms with E-state index in [1.54, 1.807) is 18.2 Å². The minimum atomic E-state index is -0.916. The summed E-state index contributed by atoms with van der Waals surface area (Å²) in [5, 5.41) is 7.99. The van der Waals surface area contributed by atoms with E-state index in [1.165, 1.54) is 24.4 Å². The van der Waals surface area contributed by atoms with Gasteiger partial charge in [-0.05, 0) is 29.1 Å². The standard InChI is InChI=1S/C19H14FN3O2/c20-15-8-3-5-13(11-15)12-21-23-19(25)18(24)22-17-10-4-7-14-6-1-2-9-16(14)17/h1-12H,(H,22,24)(H,23,25)/b21-12-. The van der Waals surface area contributed by atoms with Gasteiger partial charge in [0.1, 0.15) is 5.82 Å². The first kappa shape index (κ1) is 16.3. The number of rotatable bonds is 3. The first-order valence-corrected chi connectivity index (χ1v) is 7.51. The largest absolute Gasteiger partial charge is 0.329 e. The van der Waals surface area contributed by atoms with Crippen LogP contribution in [0.4, 0.5) is 10.1 Å². The topological polar surface area (TPSA) is 70.6 Å². The monoisotopic (exact) mass is 335 g/mol. The third-order valence-corrected chi connectivity index (χ3v) is 3.47. The molecule has 0 unspecified atom stereocenters. The summed E-state index contributed by atoms with van der Waals surface area (Å²) in [5.41, 5.74) is 3.12. The fourth-order valence-corrected chi connectivity index (χ4v) is 2.32. The van der Waals surface area contributed by atoms with Gasteiger partial charge < -0.3 is 5.32 Å². The second kappa shape index (κ2) is 7.35. The molecule has 0 spiro atoms. The van der Waals surface area contributed by atoms with Gasteiger partial charge in [0.05, 0.1) is 6.21 Å². The number of amides is 2. The summed E-state index contributed by atoms with van der Waals surface area (Å²) in [4.78, 5) is 23.8. The lowest BCUT2D eigenvalue weighted by molar-refractivity contribution is -0.136. The van der Waals surface area contributed by atoms with Gasteiger partial charge in [-0.3, -0.25) is 9.59 Å². The fraction of sp³-hybridized carbons (Fsp3) is 0. The van der Waals surface area contributed by atoms with Crippen molar-refractivity contribution in [1.29, 1.82) is 0 Å². The van der Waals surface area contributed by atoms with Crippen LogP contribution in [0.3, 0.4) is 0 Å². The summed E-state index contributed by atoms with van der Waals surface area (Å²) in [6.07, 6.45) is 1.26. The molecule has 0 bridgehead atoms. The molecule has 0 aliphatic rings. The van der Waals surface area contributed by atoms with Gasteiger partial charge in [0, 0.05) is 11.1 Å². The normalized spacial score (nSPS) is 10.8. The molecule has 6 heteroatoms. The van der Waals surface area contributed by atoms with Crippen LogP contribution in [0.2, 0.25) is 0 Å². The Bertz CT molecular complexity index is 964. The quantitative estimate of drug-likeness (QED) is 0.439. The Kier molecular flexibility index (Phi) is 4.80. The molecule has 0 saturated carbocycles. The number of hydrogen-bond donors (Lipinski definition) is 2. The molecule has 0 aliphatic carbocycles. The molecule has 25 heavy (non-hydrogen) atoms. The Morgan fingerprint density at radius 3 is 2.52 bits per heavy atom. The maximum absolute atomic E-state index is 13.0. The minimum Gasteiger partial charge on any atom is -0.317 e. The van der Waals surface area contributed by atoms with Crippen molar-refractivity contribution in [2.75, 3.05) is 5.32 Å². The third-order valence-electron chi connectivity index (χ3n) is 3.47. The number of hydrazone groups is 1. The van der Waals surface area contributed by atoms with Gasteiger partial charge in [-0.25, -0.2) is 9.82 Å². The van der Waals surface area contributed by atoms with Crippen LogP contribution in [-0.4, -0.2) is 18.0 Å². The molecule has 0 heterocycles. The molecule has 0 aliphatic heterocycles. The van der Waals surface area contributed by atoms with E-state index in [4.69, 9.17) is 0 Å². The summed E-state index contributed by atoms with van der Waals surface area (Å²) in [5.74, 6) is -2.17. The van der Waals surface area contributed by atoms with Crippen molar-refractivity contribution in [3.05, 3.63) is 78.1 Å². The fourth-order valence-electron chi connectivity index (χ4n) is 2.32.